The van der Waals surface area contributed by atoms with Gasteiger partial charge in [-0.3, -0.25) is 9.59 Å². The van der Waals surface area contributed by atoms with Gasteiger partial charge < -0.3 is 43.6 Å². The zero-order chi connectivity index (χ0) is 48.5. The molecule has 1 fully saturated rings. The number of fused-ring (bicyclic) bond motifs is 3. The standard InChI is InChI=1S/C57H57N3O10/c1-2-27-67-57-53(60(56(64)42-20-17-38(33-58)18-21-42)34-40-19-23-51-52(29-40)66-37-65-51)32-49(59-68-36-39-11-4-3-5-12-39)47-30-43(14-6-8-25-61)46(16-7-9-26-62)54(55(47)57)48-31-45(22-24-50(48)70-57)69-44-15-10-13-41(28-44)35-63/h2-5,10-13,15,17-24,28-31,35,43,46,53-55,61-62H,1,6-9,14,16,25-27,32,34,36-37H2/t43-,46+,53-,54+,55+,57+/m0/s1. The van der Waals surface area contributed by atoms with E-state index in [0.29, 0.717) is 64.0 Å². The third-order valence-corrected chi connectivity index (χ3v) is 13.8. The van der Waals surface area contributed by atoms with Crippen molar-refractivity contribution in [3.8, 4) is 34.8 Å². The SMILES string of the molecule is C=CCO[C@@]12Oc3ccc(Oc4cccc(C=O)c4)cc3[C@H]3[C@H](CCCCO)[C@@H](CCCCO)C=C(C(=NOCc4ccccc4)C[C@@H]1N(Cc1ccc4c(c1)OCO4)C(=O)c1ccc(C#N)cc1)[C@H]32. The number of aliphatic hydroxyl groups is 2. The van der Waals surface area contributed by atoms with Gasteiger partial charge in [0.05, 0.1) is 29.9 Å². The van der Waals surface area contributed by atoms with E-state index in [9.17, 15) is 20.3 Å². The van der Waals surface area contributed by atoms with Gasteiger partial charge in [-0.25, -0.2) is 0 Å². The van der Waals surface area contributed by atoms with Crippen LogP contribution in [-0.2, 0) is 22.7 Å². The molecule has 13 nitrogen and oxygen atoms in total. The summed E-state index contributed by atoms with van der Waals surface area (Å²) < 4.78 is 32.7. The second-order valence-electron chi connectivity index (χ2n) is 18.1. The molecule has 2 N–H and O–H groups in total. The van der Waals surface area contributed by atoms with E-state index in [4.69, 9.17) is 33.7 Å². The molecule has 1 saturated carbocycles. The first-order valence-electron chi connectivity index (χ1n) is 24.0. The van der Waals surface area contributed by atoms with Gasteiger partial charge in [0.15, 0.2) is 11.5 Å². The molecule has 0 bridgehead atoms. The molecule has 13 heteroatoms. The number of amides is 1. The number of rotatable bonds is 21. The molecule has 0 spiro atoms. The number of nitrogens with zero attached hydrogens (tertiary/aromatic N) is 3. The molecule has 70 heavy (non-hydrogen) atoms. The van der Waals surface area contributed by atoms with Crippen LogP contribution in [0.4, 0.5) is 0 Å². The number of unbranched alkanes of at least 4 members (excludes halogenated alkanes) is 2. The maximum atomic E-state index is 15.6. The molecule has 0 radical (unpaired) electrons. The van der Waals surface area contributed by atoms with Crippen LogP contribution in [0.2, 0.25) is 0 Å². The zero-order valence-corrected chi connectivity index (χ0v) is 39.0. The number of carbonyl (C=O) groups is 2. The zero-order valence-electron chi connectivity index (χ0n) is 39.0. The van der Waals surface area contributed by atoms with Gasteiger partial charge in [-0.15, -0.1) is 6.58 Å². The Kier molecular flexibility index (Phi) is 15.0. The fraction of sp³-hybridized carbons (Fsp3) is 0.333. The van der Waals surface area contributed by atoms with Crippen molar-refractivity contribution in [1.29, 1.82) is 5.26 Å². The molecule has 0 aromatic heterocycles. The highest BCUT2D eigenvalue weighted by Crippen LogP contribution is 2.62. The average Bonchev–Trinajstić information content (AvgIpc) is 3.87. The van der Waals surface area contributed by atoms with Crippen molar-refractivity contribution in [1.82, 2.24) is 4.90 Å². The predicted molar refractivity (Wildman–Crippen MR) is 262 cm³/mol. The summed E-state index contributed by atoms with van der Waals surface area (Å²) in [7, 11) is 0. The molecule has 2 aliphatic carbocycles. The van der Waals surface area contributed by atoms with E-state index in [0.717, 1.165) is 54.2 Å². The smallest absolute Gasteiger partial charge is 0.254 e. The fourth-order valence-corrected chi connectivity index (χ4v) is 10.7. The first-order chi connectivity index (χ1) is 34.4. The van der Waals surface area contributed by atoms with Crippen LogP contribution >= 0.6 is 0 Å². The Labute approximate surface area is 408 Å². The fourth-order valence-electron chi connectivity index (χ4n) is 10.7. The number of allylic oxidation sites excluding steroid dienone is 1. The normalized spacial score (nSPS) is 22.1. The van der Waals surface area contributed by atoms with Gasteiger partial charge in [-0.1, -0.05) is 78.7 Å². The Balaban J connectivity index is 1.26. The van der Waals surface area contributed by atoms with Gasteiger partial charge in [0, 0.05) is 48.8 Å². The molecule has 360 valence electrons. The molecule has 2 heterocycles. The molecular formula is C57H57N3O10. The van der Waals surface area contributed by atoms with E-state index >= 15 is 4.79 Å². The Morgan fingerprint density at radius 1 is 0.857 bits per heavy atom. The Bertz CT molecular complexity index is 2770. The van der Waals surface area contributed by atoms with E-state index in [1.807, 2.05) is 66.7 Å². The van der Waals surface area contributed by atoms with Crippen molar-refractivity contribution >= 4 is 17.9 Å². The van der Waals surface area contributed by atoms with Crippen molar-refractivity contribution in [3.63, 3.8) is 0 Å². The number of carbonyl (C=O) groups excluding carboxylic acids is 2. The van der Waals surface area contributed by atoms with Crippen molar-refractivity contribution in [3.05, 3.63) is 173 Å². The topological polar surface area (TPSA) is 169 Å². The lowest BCUT2D eigenvalue weighted by Gasteiger charge is -2.60. The van der Waals surface area contributed by atoms with E-state index < -0.39 is 17.7 Å². The summed E-state index contributed by atoms with van der Waals surface area (Å²) in [4.78, 5) is 35.4. The molecule has 6 atom stereocenters. The summed E-state index contributed by atoms with van der Waals surface area (Å²) in [6.45, 7) is 4.65. The maximum absolute atomic E-state index is 15.6. The maximum Gasteiger partial charge on any atom is 0.254 e. The van der Waals surface area contributed by atoms with E-state index in [-0.39, 0.29) is 69.8 Å². The lowest BCUT2D eigenvalue weighted by molar-refractivity contribution is -0.255. The number of aliphatic hydroxyl groups excluding tert-OH is 2. The summed E-state index contributed by atoms with van der Waals surface area (Å²) in [6.07, 6.45) is 9.21. The summed E-state index contributed by atoms with van der Waals surface area (Å²) >= 11 is 0. The molecule has 4 aliphatic rings. The van der Waals surface area contributed by atoms with Crippen LogP contribution in [0, 0.1) is 29.1 Å². The Morgan fingerprint density at radius 2 is 1.63 bits per heavy atom. The summed E-state index contributed by atoms with van der Waals surface area (Å²) in [6, 6.07) is 36.1. The summed E-state index contributed by atoms with van der Waals surface area (Å²) in [5, 5.41) is 34.9. The van der Waals surface area contributed by atoms with Crippen molar-refractivity contribution in [2.75, 3.05) is 26.6 Å². The second-order valence-corrected chi connectivity index (χ2v) is 18.1. The number of aldehydes is 1. The quantitative estimate of drug-likeness (QED) is 0.0311. The molecule has 1 amide bonds. The Morgan fingerprint density at radius 3 is 2.40 bits per heavy atom. The molecule has 0 saturated heterocycles. The molecular weight excluding hydrogens is 887 g/mol. The van der Waals surface area contributed by atoms with Crippen molar-refractivity contribution in [2.24, 2.45) is 22.9 Å². The highest BCUT2D eigenvalue weighted by molar-refractivity contribution is 6.03. The lowest BCUT2D eigenvalue weighted by atomic mass is 9.55. The minimum absolute atomic E-state index is 0.000662. The van der Waals surface area contributed by atoms with Crippen molar-refractivity contribution < 1.29 is 48.3 Å². The minimum Gasteiger partial charge on any atom is -0.459 e. The number of benzene rings is 5. The number of ether oxygens (including phenoxy) is 5. The molecule has 9 rings (SSSR count). The number of nitriles is 1. The van der Waals surface area contributed by atoms with Gasteiger partial charge >= 0.3 is 0 Å². The summed E-state index contributed by atoms with van der Waals surface area (Å²) in [5.74, 6) is -0.0625. The van der Waals surface area contributed by atoms with Crippen LogP contribution in [0.5, 0.6) is 28.7 Å². The lowest BCUT2D eigenvalue weighted by Crippen LogP contribution is -2.70. The van der Waals surface area contributed by atoms with Crippen LogP contribution in [0.3, 0.4) is 0 Å². The van der Waals surface area contributed by atoms with Gasteiger partial charge in [-0.2, -0.15) is 5.26 Å². The highest BCUT2D eigenvalue weighted by Gasteiger charge is 2.65. The number of oxime groups is 1. The largest absolute Gasteiger partial charge is 0.459 e. The van der Waals surface area contributed by atoms with Gasteiger partial charge in [0.1, 0.15) is 36.2 Å². The van der Waals surface area contributed by atoms with E-state index in [1.54, 1.807) is 59.5 Å². The number of hydrogen-bond donors (Lipinski definition) is 2. The van der Waals surface area contributed by atoms with Crippen LogP contribution in [0.25, 0.3) is 0 Å². The van der Waals surface area contributed by atoms with Gasteiger partial charge in [0.2, 0.25) is 12.6 Å². The predicted octanol–water partition coefficient (Wildman–Crippen LogP) is 10.1. The average molecular weight is 944 g/mol. The first-order valence-corrected chi connectivity index (χ1v) is 24.0. The van der Waals surface area contributed by atoms with Crippen LogP contribution in [0.1, 0.15) is 93.8 Å². The molecule has 0 unspecified atom stereocenters. The second kappa shape index (κ2) is 22.0. The monoisotopic (exact) mass is 943 g/mol. The van der Waals surface area contributed by atoms with Crippen LogP contribution in [0.15, 0.2) is 145 Å². The molecule has 2 aliphatic heterocycles. The summed E-state index contributed by atoms with van der Waals surface area (Å²) in [5.41, 5.74) is 5.37. The first kappa shape index (κ1) is 47.8. The molecule has 5 aromatic carbocycles. The van der Waals surface area contributed by atoms with Gasteiger partial charge in [-0.05, 0) is 121 Å². The third-order valence-electron chi connectivity index (χ3n) is 13.8. The van der Waals surface area contributed by atoms with Crippen LogP contribution < -0.4 is 18.9 Å². The number of hydrogen-bond acceptors (Lipinski definition) is 12. The van der Waals surface area contributed by atoms with Crippen molar-refractivity contribution in [2.45, 2.75) is 75.8 Å². The van der Waals surface area contributed by atoms with Crippen LogP contribution in [-0.4, -0.2) is 71.5 Å². The third kappa shape index (κ3) is 10.1. The van der Waals surface area contributed by atoms with E-state index in [2.05, 4.69) is 18.7 Å². The molecule has 5 aromatic rings. The minimum atomic E-state index is -1.55. The van der Waals surface area contributed by atoms with E-state index in [1.165, 1.54) is 0 Å². The highest BCUT2D eigenvalue weighted by atomic mass is 16.7. The van der Waals surface area contributed by atoms with Gasteiger partial charge in [0.25, 0.3) is 5.91 Å². The Hall–Kier alpha value is -7.24.